The van der Waals surface area contributed by atoms with Crippen LogP contribution in [0.3, 0.4) is 0 Å². The van der Waals surface area contributed by atoms with Gasteiger partial charge in [0, 0.05) is 6.61 Å². The fourth-order valence-corrected chi connectivity index (χ4v) is 4.32. The van der Waals surface area contributed by atoms with Crippen molar-refractivity contribution in [1.29, 1.82) is 0 Å². The first kappa shape index (κ1) is 13.1. The molecule has 2 atom stereocenters. The highest BCUT2D eigenvalue weighted by atomic mass is 32.2. The molecule has 1 saturated heterocycles. The Bertz CT molecular complexity index is 553. The molecule has 0 spiro atoms. The molecule has 104 valence electrons. The van der Waals surface area contributed by atoms with Crippen LogP contribution >= 0.6 is 0 Å². The minimum atomic E-state index is -3.47. The summed E-state index contributed by atoms with van der Waals surface area (Å²) in [7, 11) is -3.47. The van der Waals surface area contributed by atoms with Gasteiger partial charge in [-0.15, -0.1) is 0 Å². The highest BCUT2D eigenvalue weighted by Crippen LogP contribution is 2.43. The van der Waals surface area contributed by atoms with Gasteiger partial charge in [-0.1, -0.05) is 18.2 Å². The topological polar surface area (TPSA) is 55.4 Å². The lowest BCUT2D eigenvalue weighted by atomic mass is 9.92. The van der Waals surface area contributed by atoms with E-state index in [9.17, 15) is 8.42 Å². The van der Waals surface area contributed by atoms with Crippen molar-refractivity contribution < 1.29 is 13.2 Å². The predicted octanol–water partition coefficient (Wildman–Crippen LogP) is 1.92. The second kappa shape index (κ2) is 4.58. The minimum Gasteiger partial charge on any atom is -0.376 e. The molecule has 1 heterocycles. The molecule has 19 heavy (non-hydrogen) atoms. The van der Waals surface area contributed by atoms with E-state index in [2.05, 4.69) is 4.72 Å². The van der Waals surface area contributed by atoms with Crippen molar-refractivity contribution in [3.63, 3.8) is 0 Å². The first-order valence-electron chi connectivity index (χ1n) is 6.72. The molecule has 1 aromatic rings. The number of sulfonamides is 1. The normalized spacial score (nSPS) is 31.5. The monoisotopic (exact) mass is 281 g/mol. The smallest absolute Gasteiger partial charge is 0.241 e. The number of benzene rings is 1. The second-order valence-electron chi connectivity index (χ2n) is 5.71. The molecule has 0 unspecified atom stereocenters. The third-order valence-electron chi connectivity index (χ3n) is 4.02. The third-order valence-corrected chi connectivity index (χ3v) is 5.65. The van der Waals surface area contributed by atoms with Gasteiger partial charge in [0.05, 0.1) is 16.5 Å². The molecular formula is C14H19NO3S. The van der Waals surface area contributed by atoms with Crippen molar-refractivity contribution >= 4 is 10.0 Å². The Kier molecular flexibility index (Phi) is 3.15. The van der Waals surface area contributed by atoms with Gasteiger partial charge in [0.1, 0.15) is 0 Å². The number of nitrogens with one attached hydrogen (secondary N) is 1. The van der Waals surface area contributed by atoms with Crippen LogP contribution in [0.1, 0.15) is 26.2 Å². The summed E-state index contributed by atoms with van der Waals surface area (Å²) in [5.74, 6) is 0.519. The third kappa shape index (κ3) is 2.55. The summed E-state index contributed by atoms with van der Waals surface area (Å²) in [6, 6.07) is 8.52. The maximum absolute atomic E-state index is 12.4. The van der Waals surface area contributed by atoms with E-state index in [0.717, 1.165) is 19.3 Å². The summed E-state index contributed by atoms with van der Waals surface area (Å²) in [6.45, 7) is 2.60. The molecule has 1 aliphatic heterocycles. The lowest BCUT2D eigenvalue weighted by molar-refractivity contribution is 0.0629. The van der Waals surface area contributed by atoms with E-state index in [1.165, 1.54) is 0 Å². The molecule has 0 bridgehead atoms. The van der Waals surface area contributed by atoms with Crippen LogP contribution in [0.4, 0.5) is 0 Å². The number of ether oxygens (including phenoxy) is 1. The molecule has 1 aliphatic carbocycles. The van der Waals surface area contributed by atoms with Crippen molar-refractivity contribution in [3.8, 4) is 0 Å². The summed E-state index contributed by atoms with van der Waals surface area (Å²) in [5, 5.41) is 0. The van der Waals surface area contributed by atoms with E-state index < -0.39 is 15.6 Å². The van der Waals surface area contributed by atoms with Gasteiger partial charge in [-0.3, -0.25) is 0 Å². The zero-order valence-electron chi connectivity index (χ0n) is 11.0. The zero-order valence-corrected chi connectivity index (χ0v) is 11.8. The molecule has 2 fully saturated rings. The maximum Gasteiger partial charge on any atom is 0.241 e. The van der Waals surface area contributed by atoms with Gasteiger partial charge < -0.3 is 4.74 Å². The largest absolute Gasteiger partial charge is 0.376 e. The molecule has 1 aromatic carbocycles. The van der Waals surface area contributed by atoms with E-state index in [1.54, 1.807) is 24.3 Å². The molecule has 4 nitrogen and oxygen atoms in total. The highest BCUT2D eigenvalue weighted by Gasteiger charge is 2.50. The Labute approximate surface area is 114 Å². The molecular weight excluding hydrogens is 262 g/mol. The average Bonchev–Trinajstić information content (AvgIpc) is 3.14. The zero-order chi connectivity index (χ0) is 13.5. The number of hydrogen-bond donors (Lipinski definition) is 1. The lowest BCUT2D eigenvalue weighted by Gasteiger charge is -2.30. The maximum atomic E-state index is 12.4. The van der Waals surface area contributed by atoms with Crippen molar-refractivity contribution in [2.24, 2.45) is 5.92 Å². The molecule has 2 aliphatic rings. The average molecular weight is 281 g/mol. The summed E-state index contributed by atoms with van der Waals surface area (Å²) in [4.78, 5) is 0.317. The van der Waals surface area contributed by atoms with Crippen molar-refractivity contribution in [2.45, 2.75) is 42.7 Å². The van der Waals surface area contributed by atoms with Gasteiger partial charge >= 0.3 is 0 Å². The standard InChI is InChI=1S/C14H19NO3S/c1-14(9-10-18-13(14)11-7-8-11)15-19(16,17)12-5-3-2-4-6-12/h2-6,11,13,15H,7-10H2,1H3/t13-,14-/m0/s1. The first-order chi connectivity index (χ1) is 9.01. The van der Waals surface area contributed by atoms with Crippen LogP contribution in [0.15, 0.2) is 35.2 Å². The Balaban J connectivity index is 1.84. The van der Waals surface area contributed by atoms with E-state index in [0.29, 0.717) is 17.4 Å². The molecule has 1 saturated carbocycles. The number of hydrogen-bond acceptors (Lipinski definition) is 3. The fourth-order valence-electron chi connectivity index (χ4n) is 2.85. The molecule has 1 N–H and O–H groups in total. The van der Waals surface area contributed by atoms with Crippen LogP contribution in [-0.4, -0.2) is 26.7 Å². The van der Waals surface area contributed by atoms with Gasteiger partial charge in [0.25, 0.3) is 0 Å². The Morgan fingerprint density at radius 3 is 2.58 bits per heavy atom. The SMILES string of the molecule is C[C@]1(NS(=O)(=O)c2ccccc2)CCO[C@H]1C1CC1. The van der Waals surface area contributed by atoms with Crippen LogP contribution in [0.25, 0.3) is 0 Å². The Hall–Kier alpha value is -0.910. The molecule has 0 radical (unpaired) electrons. The molecule has 3 rings (SSSR count). The Morgan fingerprint density at radius 2 is 1.95 bits per heavy atom. The van der Waals surface area contributed by atoms with Crippen LogP contribution in [0.5, 0.6) is 0 Å². The van der Waals surface area contributed by atoms with E-state index in [1.807, 2.05) is 13.0 Å². The van der Waals surface area contributed by atoms with Gasteiger partial charge in [-0.2, -0.15) is 0 Å². The van der Waals surface area contributed by atoms with Gasteiger partial charge in [-0.25, -0.2) is 13.1 Å². The number of rotatable bonds is 4. The van der Waals surface area contributed by atoms with Gasteiger partial charge in [0.15, 0.2) is 0 Å². The van der Waals surface area contributed by atoms with Crippen molar-refractivity contribution in [1.82, 2.24) is 4.72 Å². The van der Waals surface area contributed by atoms with E-state index in [4.69, 9.17) is 4.74 Å². The molecule has 0 aromatic heterocycles. The van der Waals surface area contributed by atoms with Crippen molar-refractivity contribution in [2.75, 3.05) is 6.61 Å². The summed E-state index contributed by atoms with van der Waals surface area (Å²) < 4.78 is 33.4. The van der Waals surface area contributed by atoms with Gasteiger partial charge in [-0.05, 0) is 44.2 Å². The second-order valence-corrected chi connectivity index (χ2v) is 7.40. The van der Waals surface area contributed by atoms with Gasteiger partial charge in [0.2, 0.25) is 10.0 Å². The van der Waals surface area contributed by atoms with Crippen LogP contribution in [0.2, 0.25) is 0 Å². The van der Waals surface area contributed by atoms with Crippen molar-refractivity contribution in [3.05, 3.63) is 30.3 Å². The lowest BCUT2D eigenvalue weighted by Crippen LogP contribution is -2.52. The first-order valence-corrected chi connectivity index (χ1v) is 8.20. The Morgan fingerprint density at radius 1 is 1.26 bits per heavy atom. The fraction of sp³-hybridized carbons (Fsp3) is 0.571. The summed E-state index contributed by atoms with van der Waals surface area (Å²) >= 11 is 0. The summed E-state index contributed by atoms with van der Waals surface area (Å²) in [6.07, 6.45) is 3.05. The predicted molar refractivity (Wildman–Crippen MR) is 72.2 cm³/mol. The van der Waals surface area contributed by atoms with Crippen LogP contribution in [0, 0.1) is 5.92 Å². The highest BCUT2D eigenvalue weighted by molar-refractivity contribution is 7.89. The van der Waals surface area contributed by atoms with Crippen LogP contribution in [-0.2, 0) is 14.8 Å². The molecule has 5 heteroatoms. The van der Waals surface area contributed by atoms with Crippen LogP contribution < -0.4 is 4.72 Å². The molecule has 0 amide bonds. The van der Waals surface area contributed by atoms with E-state index >= 15 is 0 Å². The summed E-state index contributed by atoms with van der Waals surface area (Å²) in [5.41, 5.74) is -0.476. The minimum absolute atomic E-state index is 0.0194. The van der Waals surface area contributed by atoms with E-state index in [-0.39, 0.29) is 6.10 Å². The quantitative estimate of drug-likeness (QED) is 0.917.